The summed E-state index contributed by atoms with van der Waals surface area (Å²) >= 11 is 0. The minimum absolute atomic E-state index is 0.0227. The van der Waals surface area contributed by atoms with E-state index in [1.54, 1.807) is 0 Å². The average Bonchev–Trinajstić information content (AvgIpc) is 2.51. The maximum absolute atomic E-state index is 12.5. The van der Waals surface area contributed by atoms with Gasteiger partial charge in [-0.3, -0.25) is 4.79 Å². The Hall–Kier alpha value is -1.58. The number of carbonyl (C=O) groups is 1. The Morgan fingerprint density at radius 1 is 1.33 bits per heavy atom. The third-order valence-corrected chi connectivity index (χ3v) is 4.78. The van der Waals surface area contributed by atoms with E-state index in [1.165, 1.54) is 12.8 Å². The van der Waals surface area contributed by atoms with Crippen molar-refractivity contribution in [3.05, 3.63) is 23.4 Å². The summed E-state index contributed by atoms with van der Waals surface area (Å²) in [5.41, 5.74) is 1.65. The lowest BCUT2D eigenvalue weighted by Crippen LogP contribution is -2.43. The first-order valence-corrected chi connectivity index (χ1v) is 8.04. The number of rotatable bonds is 4. The highest BCUT2D eigenvalue weighted by atomic mass is 16.1. The summed E-state index contributed by atoms with van der Waals surface area (Å²) in [5.74, 6) is 2.00. The van der Waals surface area contributed by atoms with Gasteiger partial charge in [0.05, 0.1) is 0 Å². The first kappa shape index (κ1) is 15.8. The maximum Gasteiger partial charge on any atom is 0.251 e. The van der Waals surface area contributed by atoms with Gasteiger partial charge in [0.25, 0.3) is 5.91 Å². The summed E-state index contributed by atoms with van der Waals surface area (Å²) in [7, 11) is 1.83. The molecule has 0 spiro atoms. The van der Waals surface area contributed by atoms with E-state index < -0.39 is 0 Å². The van der Waals surface area contributed by atoms with Gasteiger partial charge in [0.2, 0.25) is 0 Å². The molecule has 1 heterocycles. The molecule has 0 radical (unpaired) electrons. The molecule has 1 fully saturated rings. The highest BCUT2D eigenvalue weighted by Crippen LogP contribution is 2.29. The number of anilines is 1. The van der Waals surface area contributed by atoms with E-state index in [9.17, 15) is 4.79 Å². The first-order valence-electron chi connectivity index (χ1n) is 8.04. The molecule has 4 nitrogen and oxygen atoms in total. The number of aryl methyl sites for hydroxylation is 1. The van der Waals surface area contributed by atoms with Gasteiger partial charge in [0, 0.05) is 24.3 Å². The molecule has 2 rings (SSSR count). The topological polar surface area (TPSA) is 54.0 Å². The van der Waals surface area contributed by atoms with Crippen molar-refractivity contribution in [3.8, 4) is 0 Å². The molecule has 0 aliphatic heterocycles. The molecule has 1 aromatic heterocycles. The van der Waals surface area contributed by atoms with Crippen LogP contribution in [0.4, 0.5) is 5.82 Å². The highest BCUT2D eigenvalue weighted by molar-refractivity contribution is 5.95. The highest BCUT2D eigenvalue weighted by Gasteiger charge is 2.28. The van der Waals surface area contributed by atoms with Crippen molar-refractivity contribution in [2.75, 3.05) is 12.4 Å². The van der Waals surface area contributed by atoms with Crippen LogP contribution in [0.2, 0.25) is 0 Å². The number of pyridine rings is 1. The molecule has 21 heavy (non-hydrogen) atoms. The normalized spacial score (nSPS) is 25.4. The summed E-state index contributed by atoms with van der Waals surface area (Å²) in [4.78, 5) is 17.0. The zero-order valence-corrected chi connectivity index (χ0v) is 13.6. The van der Waals surface area contributed by atoms with E-state index in [-0.39, 0.29) is 11.9 Å². The number of hydrogen-bond acceptors (Lipinski definition) is 3. The molecule has 2 N–H and O–H groups in total. The number of nitrogens with zero attached hydrogens (tertiary/aromatic N) is 1. The predicted octanol–water partition coefficient (Wildman–Crippen LogP) is 3.24. The molecule has 3 atom stereocenters. The summed E-state index contributed by atoms with van der Waals surface area (Å²) in [5, 5.41) is 6.25. The van der Waals surface area contributed by atoms with E-state index in [1.807, 2.05) is 26.1 Å². The molecule has 1 aliphatic rings. The molecule has 1 saturated carbocycles. The number of carbonyl (C=O) groups excluding carboxylic acids is 1. The Morgan fingerprint density at radius 2 is 2.10 bits per heavy atom. The molecule has 0 bridgehead atoms. The summed E-state index contributed by atoms with van der Waals surface area (Å²) in [6.45, 7) is 6.58. The van der Waals surface area contributed by atoms with Gasteiger partial charge >= 0.3 is 0 Å². The van der Waals surface area contributed by atoms with Crippen molar-refractivity contribution < 1.29 is 4.79 Å². The molecule has 0 aromatic carbocycles. The van der Waals surface area contributed by atoms with Crippen LogP contribution in [0.25, 0.3) is 0 Å². The van der Waals surface area contributed by atoms with E-state index in [0.29, 0.717) is 17.4 Å². The third-order valence-electron chi connectivity index (χ3n) is 4.78. The van der Waals surface area contributed by atoms with E-state index >= 15 is 0 Å². The van der Waals surface area contributed by atoms with Gasteiger partial charge in [0.15, 0.2) is 0 Å². The summed E-state index contributed by atoms with van der Waals surface area (Å²) in [6.07, 6.45) is 4.38. The van der Waals surface area contributed by atoms with Crippen LogP contribution in [0.1, 0.15) is 56.1 Å². The molecule has 3 unspecified atom stereocenters. The van der Waals surface area contributed by atoms with Crippen molar-refractivity contribution in [1.82, 2.24) is 10.3 Å². The minimum Gasteiger partial charge on any atom is -0.373 e. The third kappa shape index (κ3) is 3.74. The van der Waals surface area contributed by atoms with E-state index in [2.05, 4.69) is 29.5 Å². The van der Waals surface area contributed by atoms with Gasteiger partial charge in [-0.25, -0.2) is 4.98 Å². The molecule has 1 aromatic rings. The number of aromatic nitrogens is 1. The Bertz CT molecular complexity index is 479. The Morgan fingerprint density at radius 3 is 2.76 bits per heavy atom. The molecule has 0 saturated heterocycles. The van der Waals surface area contributed by atoms with Crippen molar-refractivity contribution in [3.63, 3.8) is 0 Å². The minimum atomic E-state index is 0.0227. The largest absolute Gasteiger partial charge is 0.373 e. The molecule has 4 heteroatoms. The van der Waals surface area contributed by atoms with Gasteiger partial charge in [-0.2, -0.15) is 0 Å². The van der Waals surface area contributed by atoms with Gasteiger partial charge in [0.1, 0.15) is 5.82 Å². The van der Waals surface area contributed by atoms with Crippen LogP contribution in [-0.4, -0.2) is 24.0 Å². The Balaban J connectivity index is 2.12. The van der Waals surface area contributed by atoms with Crippen molar-refractivity contribution >= 4 is 11.7 Å². The van der Waals surface area contributed by atoms with Crippen LogP contribution in [0, 0.1) is 11.8 Å². The fourth-order valence-corrected chi connectivity index (χ4v) is 3.07. The van der Waals surface area contributed by atoms with Gasteiger partial charge in [-0.05, 0) is 36.8 Å². The Labute approximate surface area is 127 Å². The van der Waals surface area contributed by atoms with Crippen LogP contribution in [-0.2, 0) is 6.42 Å². The quantitative estimate of drug-likeness (QED) is 0.894. The average molecular weight is 289 g/mol. The van der Waals surface area contributed by atoms with E-state index in [4.69, 9.17) is 0 Å². The first-order chi connectivity index (χ1) is 10.0. The lowest BCUT2D eigenvalue weighted by atomic mass is 9.78. The fourth-order valence-electron chi connectivity index (χ4n) is 3.07. The number of hydrogen-bond donors (Lipinski definition) is 2. The molecular weight excluding hydrogens is 262 g/mol. The molecule has 1 amide bonds. The molecular formula is C17H27N3O. The lowest BCUT2D eigenvalue weighted by molar-refractivity contribution is 0.0891. The van der Waals surface area contributed by atoms with Crippen LogP contribution in [0.5, 0.6) is 0 Å². The van der Waals surface area contributed by atoms with Crippen LogP contribution >= 0.6 is 0 Å². The van der Waals surface area contributed by atoms with Crippen molar-refractivity contribution in [2.45, 2.75) is 52.5 Å². The summed E-state index contributed by atoms with van der Waals surface area (Å²) < 4.78 is 0. The second kappa shape index (κ2) is 6.92. The SMILES string of the molecule is CCc1cc(C(=O)NC2CCCC(C)C2C)cc(NC)n1. The zero-order valence-electron chi connectivity index (χ0n) is 13.6. The van der Waals surface area contributed by atoms with Gasteiger partial charge < -0.3 is 10.6 Å². The van der Waals surface area contributed by atoms with E-state index in [0.717, 1.165) is 24.4 Å². The lowest BCUT2D eigenvalue weighted by Gasteiger charge is -2.34. The second-order valence-electron chi connectivity index (χ2n) is 6.18. The Kier molecular flexibility index (Phi) is 5.21. The maximum atomic E-state index is 12.5. The fraction of sp³-hybridized carbons (Fsp3) is 0.647. The standard InChI is InChI=1S/C17H27N3O/c1-5-14-9-13(10-16(18-4)19-14)17(21)20-15-8-6-7-11(2)12(15)3/h9-12,15H,5-8H2,1-4H3,(H,18,19)(H,20,21). The van der Waals surface area contributed by atoms with Gasteiger partial charge in [-0.15, -0.1) is 0 Å². The molecule has 116 valence electrons. The second-order valence-corrected chi connectivity index (χ2v) is 6.18. The molecule has 1 aliphatic carbocycles. The number of nitrogens with one attached hydrogen (secondary N) is 2. The number of amides is 1. The smallest absolute Gasteiger partial charge is 0.251 e. The monoisotopic (exact) mass is 289 g/mol. The summed E-state index contributed by atoms with van der Waals surface area (Å²) in [6, 6.07) is 4.01. The van der Waals surface area contributed by atoms with Gasteiger partial charge in [-0.1, -0.05) is 33.6 Å². The van der Waals surface area contributed by atoms with Crippen LogP contribution in [0.15, 0.2) is 12.1 Å². The van der Waals surface area contributed by atoms with Crippen molar-refractivity contribution in [1.29, 1.82) is 0 Å². The van der Waals surface area contributed by atoms with Crippen LogP contribution < -0.4 is 10.6 Å². The van der Waals surface area contributed by atoms with Crippen molar-refractivity contribution in [2.24, 2.45) is 11.8 Å². The predicted molar refractivity (Wildman–Crippen MR) is 86.6 cm³/mol. The van der Waals surface area contributed by atoms with Crippen LogP contribution in [0.3, 0.4) is 0 Å². The zero-order chi connectivity index (χ0) is 15.4.